The molecule has 1 amide bonds. The molecule has 0 saturated carbocycles. The van der Waals surface area contributed by atoms with Crippen molar-refractivity contribution in [1.29, 1.82) is 0 Å². The summed E-state index contributed by atoms with van der Waals surface area (Å²) in [6.07, 6.45) is 4.24. The van der Waals surface area contributed by atoms with Crippen LogP contribution in [-0.2, 0) is 4.79 Å². The third-order valence-electron chi connectivity index (χ3n) is 5.92. The number of hydrogen-bond donors (Lipinski definition) is 3. The molecule has 3 N–H and O–H groups in total. The molecule has 0 bridgehead atoms. The minimum atomic E-state index is -0.935. The van der Waals surface area contributed by atoms with E-state index in [1.165, 1.54) is 0 Å². The summed E-state index contributed by atoms with van der Waals surface area (Å²) in [6, 6.07) is 23.9. The molecule has 0 aliphatic carbocycles. The minimum absolute atomic E-state index is 0.0814. The first-order chi connectivity index (χ1) is 17.0. The smallest absolute Gasteiger partial charge is 0.305 e. The molecule has 1 atom stereocenters. The summed E-state index contributed by atoms with van der Waals surface area (Å²) in [5.41, 5.74) is 4.72. The first-order valence-corrected chi connectivity index (χ1v) is 12.1. The fraction of sp³-hybridized carbons (Fsp3) is 0.310. The molecular weight excluding hydrogens is 440 g/mol. The van der Waals surface area contributed by atoms with Gasteiger partial charge in [0.15, 0.2) is 0 Å². The zero-order valence-corrected chi connectivity index (χ0v) is 20.4. The fourth-order valence-electron chi connectivity index (χ4n) is 4.01. The number of nitrogens with one attached hydrogen (secondary N) is 2. The van der Waals surface area contributed by atoms with Gasteiger partial charge in [-0.05, 0) is 41.8 Å². The molecule has 0 radical (unpaired) electrons. The summed E-state index contributed by atoms with van der Waals surface area (Å²) in [4.78, 5) is 23.0. The summed E-state index contributed by atoms with van der Waals surface area (Å²) in [7, 11) is 1.69. The number of aliphatic carboxylic acids is 1. The van der Waals surface area contributed by atoms with Crippen LogP contribution in [0.3, 0.4) is 0 Å². The first-order valence-electron chi connectivity index (χ1n) is 12.1. The molecular formula is C29H34N2O4. The zero-order chi connectivity index (χ0) is 25.0. The molecule has 3 aromatic rings. The van der Waals surface area contributed by atoms with Gasteiger partial charge in [0.2, 0.25) is 0 Å². The lowest BCUT2D eigenvalue weighted by atomic mass is 9.98. The Balaban J connectivity index is 1.76. The number of ether oxygens (including phenoxy) is 1. The van der Waals surface area contributed by atoms with Gasteiger partial charge < -0.3 is 20.5 Å². The average molecular weight is 475 g/mol. The third kappa shape index (κ3) is 7.60. The second-order valence-electron chi connectivity index (χ2n) is 8.50. The van der Waals surface area contributed by atoms with Gasteiger partial charge in [0.05, 0.1) is 19.6 Å². The maximum atomic E-state index is 12.3. The number of amides is 1. The number of benzene rings is 3. The van der Waals surface area contributed by atoms with E-state index >= 15 is 0 Å². The number of methoxy groups -OCH3 is 1. The van der Waals surface area contributed by atoms with Crippen LogP contribution in [0.2, 0.25) is 0 Å². The number of carbonyl (C=O) groups is 2. The molecule has 0 aliphatic heterocycles. The molecule has 3 aromatic carbocycles. The standard InChI is InChI=1S/C29H34N2O4/c1-3-4-6-11-26(22-12-14-23(15-13-22)29(34)30-19-18-28(32)33)31-24-16-17-25(27(20-24)35-2)21-9-7-5-8-10-21/h5,7-10,12-17,20,26,31H,3-4,6,11,18-19H2,1-2H3,(H,30,34)(H,32,33). The second-order valence-corrected chi connectivity index (χ2v) is 8.50. The Morgan fingerprint density at radius 2 is 1.71 bits per heavy atom. The molecule has 0 fully saturated rings. The van der Waals surface area contributed by atoms with Crippen molar-refractivity contribution in [3.8, 4) is 16.9 Å². The molecule has 0 spiro atoms. The lowest BCUT2D eigenvalue weighted by molar-refractivity contribution is -0.136. The van der Waals surface area contributed by atoms with E-state index in [1.807, 2.05) is 36.4 Å². The molecule has 0 saturated heterocycles. The van der Waals surface area contributed by atoms with Crippen molar-refractivity contribution in [2.24, 2.45) is 0 Å². The van der Waals surface area contributed by atoms with E-state index in [4.69, 9.17) is 9.84 Å². The van der Waals surface area contributed by atoms with Gasteiger partial charge in [-0.2, -0.15) is 0 Å². The molecule has 6 heteroatoms. The zero-order valence-electron chi connectivity index (χ0n) is 20.4. The summed E-state index contributed by atoms with van der Waals surface area (Å²) in [5.74, 6) is -0.397. The van der Waals surface area contributed by atoms with Gasteiger partial charge in [-0.3, -0.25) is 9.59 Å². The molecule has 3 rings (SSSR count). The highest BCUT2D eigenvalue weighted by Crippen LogP contribution is 2.34. The summed E-state index contributed by atoms with van der Waals surface area (Å²) in [6.45, 7) is 2.30. The predicted molar refractivity (Wildman–Crippen MR) is 140 cm³/mol. The van der Waals surface area contributed by atoms with Crippen molar-refractivity contribution >= 4 is 17.6 Å². The SMILES string of the molecule is CCCCCC(Nc1ccc(-c2ccccc2)c(OC)c1)c1ccc(C(=O)NCCC(=O)O)cc1. The van der Waals surface area contributed by atoms with Crippen molar-refractivity contribution < 1.29 is 19.4 Å². The van der Waals surface area contributed by atoms with Crippen LogP contribution in [-0.4, -0.2) is 30.6 Å². The number of carboxylic acid groups (broad SMARTS) is 1. The van der Waals surface area contributed by atoms with Crippen molar-refractivity contribution in [2.45, 2.75) is 45.1 Å². The van der Waals surface area contributed by atoms with E-state index in [9.17, 15) is 9.59 Å². The van der Waals surface area contributed by atoms with Gasteiger partial charge in [-0.1, -0.05) is 68.7 Å². The Labute approximate surface area is 207 Å². The van der Waals surface area contributed by atoms with Crippen LogP contribution in [0.1, 0.15) is 61.0 Å². The molecule has 1 unspecified atom stereocenters. The number of unbranched alkanes of at least 4 members (excludes halogenated alkanes) is 2. The summed E-state index contributed by atoms with van der Waals surface area (Å²) < 4.78 is 5.69. The third-order valence-corrected chi connectivity index (χ3v) is 5.92. The number of carbonyl (C=O) groups excluding carboxylic acids is 1. The fourth-order valence-corrected chi connectivity index (χ4v) is 4.01. The monoisotopic (exact) mass is 474 g/mol. The summed E-state index contributed by atoms with van der Waals surface area (Å²) in [5, 5.41) is 15.0. The molecule has 184 valence electrons. The van der Waals surface area contributed by atoms with E-state index in [2.05, 4.69) is 41.8 Å². The molecule has 6 nitrogen and oxygen atoms in total. The Bertz CT molecular complexity index is 1100. The number of anilines is 1. The molecule has 0 heterocycles. The Morgan fingerprint density at radius 3 is 2.37 bits per heavy atom. The quantitative estimate of drug-likeness (QED) is 0.253. The van der Waals surface area contributed by atoms with Crippen LogP contribution in [0.4, 0.5) is 5.69 Å². The minimum Gasteiger partial charge on any atom is -0.496 e. The van der Waals surface area contributed by atoms with E-state index in [1.54, 1.807) is 19.2 Å². The van der Waals surface area contributed by atoms with Gasteiger partial charge in [-0.25, -0.2) is 0 Å². The van der Waals surface area contributed by atoms with Crippen molar-refractivity contribution in [2.75, 3.05) is 19.0 Å². The second kappa shape index (κ2) is 13.2. The largest absolute Gasteiger partial charge is 0.496 e. The Morgan fingerprint density at radius 1 is 0.971 bits per heavy atom. The van der Waals surface area contributed by atoms with Crippen LogP contribution < -0.4 is 15.4 Å². The number of hydrogen-bond acceptors (Lipinski definition) is 4. The van der Waals surface area contributed by atoms with E-state index in [-0.39, 0.29) is 24.9 Å². The van der Waals surface area contributed by atoms with Crippen molar-refractivity contribution in [1.82, 2.24) is 5.32 Å². The first kappa shape index (κ1) is 25.8. The molecule has 35 heavy (non-hydrogen) atoms. The van der Waals surface area contributed by atoms with Gasteiger partial charge in [0.1, 0.15) is 5.75 Å². The highest BCUT2D eigenvalue weighted by atomic mass is 16.5. The maximum absolute atomic E-state index is 12.3. The van der Waals surface area contributed by atoms with E-state index in [0.29, 0.717) is 5.56 Å². The topological polar surface area (TPSA) is 87.7 Å². The van der Waals surface area contributed by atoms with Crippen molar-refractivity contribution in [3.05, 3.63) is 83.9 Å². The highest BCUT2D eigenvalue weighted by Gasteiger charge is 2.15. The van der Waals surface area contributed by atoms with Gasteiger partial charge in [-0.15, -0.1) is 0 Å². The van der Waals surface area contributed by atoms with Crippen LogP contribution >= 0.6 is 0 Å². The maximum Gasteiger partial charge on any atom is 0.305 e. The lowest BCUT2D eigenvalue weighted by Gasteiger charge is -2.22. The van der Waals surface area contributed by atoms with E-state index in [0.717, 1.165) is 53.8 Å². The van der Waals surface area contributed by atoms with Crippen molar-refractivity contribution in [3.63, 3.8) is 0 Å². The van der Waals surface area contributed by atoms with Crippen LogP contribution in [0.25, 0.3) is 11.1 Å². The van der Waals surface area contributed by atoms with Crippen LogP contribution in [0, 0.1) is 0 Å². The van der Waals surface area contributed by atoms with Gasteiger partial charge in [0, 0.05) is 29.4 Å². The normalized spacial score (nSPS) is 11.5. The highest BCUT2D eigenvalue weighted by molar-refractivity contribution is 5.94. The van der Waals surface area contributed by atoms with Gasteiger partial charge in [0.25, 0.3) is 5.91 Å². The predicted octanol–water partition coefficient (Wildman–Crippen LogP) is 6.30. The van der Waals surface area contributed by atoms with E-state index < -0.39 is 5.97 Å². The average Bonchev–Trinajstić information content (AvgIpc) is 2.88. The number of rotatable bonds is 13. The summed E-state index contributed by atoms with van der Waals surface area (Å²) >= 11 is 0. The Kier molecular flexibility index (Phi) is 9.72. The number of carboxylic acids is 1. The van der Waals surface area contributed by atoms with Gasteiger partial charge >= 0.3 is 5.97 Å². The van der Waals surface area contributed by atoms with Crippen LogP contribution in [0.15, 0.2) is 72.8 Å². The van der Waals surface area contributed by atoms with Crippen LogP contribution in [0.5, 0.6) is 5.75 Å². The Hall–Kier alpha value is -3.80. The lowest BCUT2D eigenvalue weighted by Crippen LogP contribution is -2.26. The molecule has 0 aromatic heterocycles. The molecule has 0 aliphatic rings.